The van der Waals surface area contributed by atoms with Gasteiger partial charge < -0.3 is 9.47 Å². The number of halogens is 3. The number of ether oxygens (including phenoxy) is 2. The van der Waals surface area contributed by atoms with Crippen LogP contribution in [-0.2, 0) is 11.2 Å². The Morgan fingerprint density at radius 2 is 1.81 bits per heavy atom. The third-order valence-electron chi connectivity index (χ3n) is 2.39. The molecule has 0 spiro atoms. The van der Waals surface area contributed by atoms with Crippen LogP contribution in [0, 0.1) is 5.92 Å². The van der Waals surface area contributed by atoms with Crippen molar-refractivity contribution in [3.8, 4) is 5.75 Å². The summed E-state index contributed by atoms with van der Waals surface area (Å²) in [4.78, 5) is 0. The van der Waals surface area contributed by atoms with Crippen LogP contribution in [0.3, 0.4) is 0 Å². The van der Waals surface area contributed by atoms with Crippen LogP contribution in [0.4, 0.5) is 13.2 Å². The second-order valence-electron chi connectivity index (χ2n) is 3.80. The van der Waals surface area contributed by atoms with Crippen LogP contribution >= 0.6 is 0 Å². The summed E-state index contributed by atoms with van der Waals surface area (Å²) in [5, 5.41) is 0. The smallest absolute Gasteiger partial charge is 0.406 e. The van der Waals surface area contributed by atoms with E-state index < -0.39 is 6.36 Å². The van der Waals surface area contributed by atoms with Gasteiger partial charge in [0.2, 0.25) is 0 Å². The Morgan fingerprint density at radius 3 is 2.25 bits per heavy atom. The topological polar surface area (TPSA) is 18.5 Å². The van der Waals surface area contributed by atoms with Crippen molar-refractivity contribution in [2.24, 2.45) is 5.92 Å². The standard InChI is InChI=1S/C11H11F3O2/c12-11(13,14)16-10-3-1-8(2-4-10)5-9-6-15-7-9/h1-4,9H,5-7H2. The molecule has 1 aromatic carbocycles. The molecular formula is C11H11F3O2. The van der Waals surface area contributed by atoms with Crippen LogP contribution in [0.5, 0.6) is 5.75 Å². The third kappa shape index (κ3) is 3.13. The van der Waals surface area contributed by atoms with E-state index in [1.54, 1.807) is 12.1 Å². The van der Waals surface area contributed by atoms with E-state index in [1.807, 2.05) is 0 Å². The number of hydrogen-bond acceptors (Lipinski definition) is 2. The largest absolute Gasteiger partial charge is 0.573 e. The molecular weight excluding hydrogens is 221 g/mol. The molecule has 0 unspecified atom stereocenters. The fourth-order valence-corrected chi connectivity index (χ4v) is 1.56. The van der Waals surface area contributed by atoms with Crippen molar-refractivity contribution in [1.82, 2.24) is 0 Å². The molecule has 0 radical (unpaired) electrons. The molecule has 0 N–H and O–H groups in total. The van der Waals surface area contributed by atoms with Gasteiger partial charge in [0.25, 0.3) is 0 Å². The molecule has 1 heterocycles. The molecule has 1 aromatic rings. The maximum atomic E-state index is 11.9. The molecule has 0 amide bonds. The predicted molar refractivity (Wildman–Crippen MR) is 51.1 cm³/mol. The summed E-state index contributed by atoms with van der Waals surface area (Å²) in [5.74, 6) is 0.315. The summed E-state index contributed by atoms with van der Waals surface area (Å²) in [5.41, 5.74) is 1.00. The van der Waals surface area contributed by atoms with Gasteiger partial charge in [-0.1, -0.05) is 12.1 Å². The van der Waals surface area contributed by atoms with Gasteiger partial charge in [-0.2, -0.15) is 0 Å². The lowest BCUT2D eigenvalue weighted by Gasteiger charge is -2.25. The van der Waals surface area contributed by atoms with Crippen molar-refractivity contribution in [3.05, 3.63) is 29.8 Å². The Morgan fingerprint density at radius 1 is 1.19 bits per heavy atom. The normalized spacial score (nSPS) is 16.9. The van der Waals surface area contributed by atoms with Crippen molar-refractivity contribution >= 4 is 0 Å². The Bertz CT molecular complexity index is 341. The van der Waals surface area contributed by atoms with Crippen molar-refractivity contribution in [2.45, 2.75) is 12.8 Å². The van der Waals surface area contributed by atoms with Crippen LogP contribution in [0.2, 0.25) is 0 Å². The van der Waals surface area contributed by atoms with Gasteiger partial charge in [-0.05, 0) is 24.1 Å². The summed E-state index contributed by atoms with van der Waals surface area (Å²) in [7, 11) is 0. The Hall–Kier alpha value is -1.23. The molecule has 0 atom stereocenters. The number of hydrogen-bond donors (Lipinski definition) is 0. The maximum Gasteiger partial charge on any atom is 0.573 e. The molecule has 0 bridgehead atoms. The molecule has 0 saturated carbocycles. The van der Waals surface area contributed by atoms with Gasteiger partial charge in [0, 0.05) is 5.92 Å². The zero-order chi connectivity index (χ0) is 11.6. The molecule has 1 aliphatic rings. The van der Waals surface area contributed by atoms with Gasteiger partial charge in [-0.15, -0.1) is 13.2 Å². The highest BCUT2D eigenvalue weighted by atomic mass is 19.4. The summed E-state index contributed by atoms with van der Waals surface area (Å²) < 4.78 is 44.4. The minimum Gasteiger partial charge on any atom is -0.406 e. The van der Waals surface area contributed by atoms with E-state index in [-0.39, 0.29) is 5.75 Å². The van der Waals surface area contributed by atoms with Crippen molar-refractivity contribution in [3.63, 3.8) is 0 Å². The first-order chi connectivity index (χ1) is 7.53. The van der Waals surface area contributed by atoms with E-state index in [1.165, 1.54) is 12.1 Å². The Balaban J connectivity index is 1.93. The van der Waals surface area contributed by atoms with E-state index in [2.05, 4.69) is 4.74 Å². The molecule has 16 heavy (non-hydrogen) atoms. The van der Waals surface area contributed by atoms with Crippen LogP contribution in [0.1, 0.15) is 5.56 Å². The fraction of sp³-hybridized carbons (Fsp3) is 0.455. The average molecular weight is 232 g/mol. The molecule has 1 fully saturated rings. The van der Waals surface area contributed by atoms with Crippen LogP contribution < -0.4 is 4.74 Å². The van der Waals surface area contributed by atoms with Gasteiger partial charge in [0.05, 0.1) is 13.2 Å². The molecule has 1 aliphatic heterocycles. The van der Waals surface area contributed by atoms with Crippen LogP contribution in [-0.4, -0.2) is 19.6 Å². The maximum absolute atomic E-state index is 11.9. The quantitative estimate of drug-likeness (QED) is 0.797. The van der Waals surface area contributed by atoms with Gasteiger partial charge in [0.15, 0.2) is 0 Å². The second kappa shape index (κ2) is 4.33. The molecule has 2 rings (SSSR count). The average Bonchev–Trinajstić information content (AvgIpc) is 2.11. The van der Waals surface area contributed by atoms with Gasteiger partial charge in [-0.3, -0.25) is 0 Å². The molecule has 5 heteroatoms. The second-order valence-corrected chi connectivity index (χ2v) is 3.80. The fourth-order valence-electron chi connectivity index (χ4n) is 1.56. The van der Waals surface area contributed by atoms with Crippen molar-refractivity contribution < 1.29 is 22.6 Å². The van der Waals surface area contributed by atoms with Gasteiger partial charge in [-0.25, -0.2) is 0 Å². The predicted octanol–water partition coefficient (Wildman–Crippen LogP) is 2.77. The molecule has 2 nitrogen and oxygen atoms in total. The summed E-state index contributed by atoms with van der Waals surface area (Å²) in [6.45, 7) is 1.47. The minimum atomic E-state index is -4.62. The lowest BCUT2D eigenvalue weighted by molar-refractivity contribution is -0.274. The monoisotopic (exact) mass is 232 g/mol. The summed E-state index contributed by atoms with van der Waals surface area (Å²) in [6, 6.07) is 5.98. The molecule has 88 valence electrons. The van der Waals surface area contributed by atoms with Crippen molar-refractivity contribution in [1.29, 1.82) is 0 Å². The first-order valence-electron chi connectivity index (χ1n) is 4.95. The highest BCUT2D eigenvalue weighted by Gasteiger charge is 2.31. The Kier molecular flexibility index (Phi) is 3.05. The number of benzene rings is 1. The van der Waals surface area contributed by atoms with E-state index in [0.29, 0.717) is 5.92 Å². The van der Waals surface area contributed by atoms with E-state index in [4.69, 9.17) is 4.74 Å². The van der Waals surface area contributed by atoms with E-state index in [9.17, 15) is 13.2 Å². The molecule has 0 aliphatic carbocycles. The van der Waals surface area contributed by atoms with Crippen LogP contribution in [0.25, 0.3) is 0 Å². The lowest BCUT2D eigenvalue weighted by atomic mass is 9.98. The van der Waals surface area contributed by atoms with Gasteiger partial charge >= 0.3 is 6.36 Å². The zero-order valence-corrected chi connectivity index (χ0v) is 8.46. The summed E-state index contributed by atoms with van der Waals surface area (Å²) >= 11 is 0. The highest BCUT2D eigenvalue weighted by Crippen LogP contribution is 2.24. The number of alkyl halides is 3. The first kappa shape index (κ1) is 11.3. The van der Waals surface area contributed by atoms with Crippen LogP contribution in [0.15, 0.2) is 24.3 Å². The summed E-state index contributed by atoms with van der Waals surface area (Å²) in [6.07, 6.45) is -3.78. The van der Waals surface area contributed by atoms with E-state index >= 15 is 0 Å². The molecule has 1 saturated heterocycles. The number of rotatable bonds is 3. The van der Waals surface area contributed by atoms with Crippen molar-refractivity contribution in [2.75, 3.05) is 13.2 Å². The zero-order valence-electron chi connectivity index (χ0n) is 8.46. The minimum absolute atomic E-state index is 0.180. The third-order valence-corrected chi connectivity index (χ3v) is 2.39. The Labute approximate surface area is 91.0 Å². The SMILES string of the molecule is FC(F)(F)Oc1ccc(CC2COC2)cc1. The first-order valence-corrected chi connectivity index (χ1v) is 4.95. The highest BCUT2D eigenvalue weighted by molar-refractivity contribution is 5.27. The molecule has 0 aromatic heterocycles. The lowest BCUT2D eigenvalue weighted by Crippen LogP contribution is -2.29. The van der Waals surface area contributed by atoms with E-state index in [0.717, 1.165) is 25.2 Å². The van der Waals surface area contributed by atoms with Gasteiger partial charge in [0.1, 0.15) is 5.75 Å².